The normalized spacial score (nSPS) is 10.6. The first-order chi connectivity index (χ1) is 9.31. The van der Waals surface area contributed by atoms with Crippen molar-refractivity contribution in [3.05, 3.63) is 41.6 Å². The largest absolute Gasteiger partial charge is 0.497 e. The molecular weight excluding hydrogens is 242 g/mol. The predicted octanol–water partition coefficient (Wildman–Crippen LogP) is 1.97. The Hall–Kier alpha value is -1.88. The van der Waals surface area contributed by atoms with Crippen LogP contribution in [0.3, 0.4) is 0 Å². The molecule has 0 bridgehead atoms. The summed E-state index contributed by atoms with van der Waals surface area (Å²) in [5, 5.41) is 11.2. The number of nitrogens with one attached hydrogen (secondary N) is 1. The zero-order chi connectivity index (χ0) is 13.5. The molecule has 2 aromatic rings. The summed E-state index contributed by atoms with van der Waals surface area (Å²) in [7, 11) is 1.67. The van der Waals surface area contributed by atoms with Gasteiger partial charge in [0, 0.05) is 6.42 Å². The maximum Gasteiger partial charge on any atom is 0.230 e. The zero-order valence-corrected chi connectivity index (χ0v) is 11.3. The quantitative estimate of drug-likeness (QED) is 0.825. The van der Waals surface area contributed by atoms with Crippen molar-refractivity contribution in [3.63, 3.8) is 0 Å². The summed E-state index contributed by atoms with van der Waals surface area (Å²) in [5.74, 6) is 2.20. The van der Waals surface area contributed by atoms with Gasteiger partial charge < -0.3 is 14.5 Å². The van der Waals surface area contributed by atoms with E-state index in [0.29, 0.717) is 18.3 Å². The number of rotatable bonds is 7. The van der Waals surface area contributed by atoms with Crippen LogP contribution in [-0.4, -0.2) is 23.9 Å². The number of aromatic nitrogens is 2. The Kier molecular flexibility index (Phi) is 4.92. The van der Waals surface area contributed by atoms with E-state index in [-0.39, 0.29) is 0 Å². The number of nitrogens with zero attached hydrogens (tertiary/aromatic N) is 2. The molecule has 5 nitrogen and oxygen atoms in total. The van der Waals surface area contributed by atoms with E-state index in [1.54, 1.807) is 7.11 Å². The fourth-order valence-corrected chi connectivity index (χ4v) is 1.74. The van der Waals surface area contributed by atoms with E-state index in [1.165, 1.54) is 5.56 Å². The molecular formula is C14H19N3O2. The van der Waals surface area contributed by atoms with Crippen LogP contribution in [-0.2, 0) is 19.4 Å². The minimum absolute atomic E-state index is 0.631. The molecule has 0 aliphatic carbocycles. The number of methoxy groups -OCH3 is 1. The van der Waals surface area contributed by atoms with Gasteiger partial charge in [-0.05, 0) is 30.7 Å². The molecule has 1 heterocycles. The minimum Gasteiger partial charge on any atom is -0.497 e. The molecule has 0 amide bonds. The van der Waals surface area contributed by atoms with Crippen LogP contribution in [0.5, 0.6) is 5.75 Å². The highest BCUT2D eigenvalue weighted by molar-refractivity contribution is 5.27. The molecule has 1 aromatic heterocycles. The van der Waals surface area contributed by atoms with Gasteiger partial charge in [0.25, 0.3) is 0 Å². The highest BCUT2D eigenvalue weighted by Crippen LogP contribution is 2.13. The topological polar surface area (TPSA) is 60.2 Å². The van der Waals surface area contributed by atoms with Crippen LogP contribution in [0.25, 0.3) is 0 Å². The summed E-state index contributed by atoms with van der Waals surface area (Å²) in [5.41, 5.74) is 1.23. The Morgan fingerprint density at radius 2 is 1.84 bits per heavy atom. The summed E-state index contributed by atoms with van der Waals surface area (Å²) >= 11 is 0. The van der Waals surface area contributed by atoms with Crippen molar-refractivity contribution in [2.24, 2.45) is 0 Å². The lowest BCUT2D eigenvalue weighted by Crippen LogP contribution is -2.11. The number of aryl methyl sites for hydroxylation is 2. The maximum absolute atomic E-state index is 5.54. The van der Waals surface area contributed by atoms with Crippen molar-refractivity contribution >= 4 is 0 Å². The average Bonchev–Trinajstić information content (AvgIpc) is 2.91. The lowest BCUT2D eigenvalue weighted by Gasteiger charge is -2.01. The molecule has 0 radical (unpaired) electrons. The molecule has 0 saturated heterocycles. The van der Waals surface area contributed by atoms with Crippen molar-refractivity contribution in [3.8, 4) is 5.75 Å². The van der Waals surface area contributed by atoms with E-state index >= 15 is 0 Å². The first kappa shape index (κ1) is 13.5. The second-order valence-corrected chi connectivity index (χ2v) is 4.22. The Bertz CT molecular complexity index is 494. The van der Waals surface area contributed by atoms with Crippen molar-refractivity contribution < 1.29 is 9.15 Å². The van der Waals surface area contributed by atoms with E-state index < -0.39 is 0 Å². The third-order valence-corrected chi connectivity index (χ3v) is 2.82. The van der Waals surface area contributed by atoms with E-state index in [9.17, 15) is 0 Å². The van der Waals surface area contributed by atoms with Gasteiger partial charge in [-0.15, -0.1) is 10.2 Å². The van der Waals surface area contributed by atoms with Crippen LogP contribution in [0.2, 0.25) is 0 Å². The monoisotopic (exact) mass is 261 g/mol. The number of ether oxygens (including phenoxy) is 1. The van der Waals surface area contributed by atoms with E-state index in [4.69, 9.17) is 9.15 Å². The SMILES string of the molecule is CCNCc1nnc(CCc2ccc(OC)cc2)o1. The Morgan fingerprint density at radius 3 is 2.53 bits per heavy atom. The third-order valence-electron chi connectivity index (χ3n) is 2.82. The van der Waals surface area contributed by atoms with Crippen LogP contribution in [0.4, 0.5) is 0 Å². The summed E-state index contributed by atoms with van der Waals surface area (Å²) in [6, 6.07) is 8.02. The average molecular weight is 261 g/mol. The molecule has 1 N–H and O–H groups in total. The Morgan fingerprint density at radius 1 is 1.11 bits per heavy atom. The summed E-state index contributed by atoms with van der Waals surface area (Å²) in [4.78, 5) is 0. The van der Waals surface area contributed by atoms with Crippen LogP contribution in [0.1, 0.15) is 24.3 Å². The first-order valence-electron chi connectivity index (χ1n) is 6.46. The van der Waals surface area contributed by atoms with Gasteiger partial charge in [0.05, 0.1) is 13.7 Å². The van der Waals surface area contributed by atoms with Crippen molar-refractivity contribution in [1.29, 1.82) is 0 Å². The fourth-order valence-electron chi connectivity index (χ4n) is 1.74. The van der Waals surface area contributed by atoms with E-state index in [0.717, 1.165) is 25.1 Å². The van der Waals surface area contributed by atoms with E-state index in [2.05, 4.69) is 27.6 Å². The summed E-state index contributed by atoms with van der Waals surface area (Å²) < 4.78 is 10.7. The first-order valence-corrected chi connectivity index (χ1v) is 6.46. The van der Waals surface area contributed by atoms with E-state index in [1.807, 2.05) is 19.1 Å². The van der Waals surface area contributed by atoms with Gasteiger partial charge in [0.1, 0.15) is 5.75 Å². The van der Waals surface area contributed by atoms with Crippen LogP contribution < -0.4 is 10.1 Å². The molecule has 0 atom stereocenters. The van der Waals surface area contributed by atoms with Gasteiger partial charge in [-0.3, -0.25) is 0 Å². The molecule has 19 heavy (non-hydrogen) atoms. The van der Waals surface area contributed by atoms with Crippen molar-refractivity contribution in [1.82, 2.24) is 15.5 Å². The van der Waals surface area contributed by atoms with Crippen LogP contribution in [0.15, 0.2) is 28.7 Å². The van der Waals surface area contributed by atoms with Gasteiger partial charge in [0.2, 0.25) is 11.8 Å². The molecule has 2 rings (SSSR count). The second-order valence-electron chi connectivity index (χ2n) is 4.22. The minimum atomic E-state index is 0.631. The van der Waals surface area contributed by atoms with Crippen LogP contribution in [0, 0.1) is 0 Å². The lowest BCUT2D eigenvalue weighted by atomic mass is 10.1. The van der Waals surface area contributed by atoms with Crippen LogP contribution >= 0.6 is 0 Å². The van der Waals surface area contributed by atoms with Gasteiger partial charge in [-0.2, -0.15) is 0 Å². The molecule has 0 aliphatic heterocycles. The van der Waals surface area contributed by atoms with Gasteiger partial charge in [-0.1, -0.05) is 19.1 Å². The smallest absolute Gasteiger partial charge is 0.230 e. The molecule has 0 saturated carbocycles. The molecule has 0 unspecified atom stereocenters. The highest BCUT2D eigenvalue weighted by atomic mass is 16.5. The number of hydrogen-bond donors (Lipinski definition) is 1. The Labute approximate surface area is 113 Å². The number of hydrogen-bond acceptors (Lipinski definition) is 5. The standard InChI is InChI=1S/C14H19N3O2/c1-3-15-10-14-17-16-13(19-14)9-6-11-4-7-12(18-2)8-5-11/h4-5,7-8,15H,3,6,9-10H2,1-2H3. The lowest BCUT2D eigenvalue weighted by molar-refractivity contribution is 0.414. The molecule has 1 aromatic carbocycles. The zero-order valence-electron chi connectivity index (χ0n) is 11.3. The maximum atomic E-state index is 5.54. The van der Waals surface area contributed by atoms with Gasteiger partial charge in [-0.25, -0.2) is 0 Å². The summed E-state index contributed by atoms with van der Waals surface area (Å²) in [6.07, 6.45) is 1.64. The molecule has 0 spiro atoms. The fraction of sp³-hybridized carbons (Fsp3) is 0.429. The van der Waals surface area contributed by atoms with Gasteiger partial charge in [0.15, 0.2) is 0 Å². The number of benzene rings is 1. The van der Waals surface area contributed by atoms with Crippen molar-refractivity contribution in [2.75, 3.05) is 13.7 Å². The predicted molar refractivity (Wildman–Crippen MR) is 72.1 cm³/mol. The molecule has 5 heteroatoms. The third kappa shape index (κ3) is 4.06. The van der Waals surface area contributed by atoms with Gasteiger partial charge >= 0.3 is 0 Å². The molecule has 0 aliphatic rings. The molecule has 0 fully saturated rings. The van der Waals surface area contributed by atoms with Crippen molar-refractivity contribution in [2.45, 2.75) is 26.3 Å². The molecule has 102 valence electrons. The highest BCUT2D eigenvalue weighted by Gasteiger charge is 2.05. The summed E-state index contributed by atoms with van der Waals surface area (Å²) in [6.45, 7) is 3.57. The Balaban J connectivity index is 1.85. The second kappa shape index (κ2) is 6.89.